The summed E-state index contributed by atoms with van der Waals surface area (Å²) in [6, 6.07) is 7.21. The molecule has 3 heterocycles. The minimum Gasteiger partial charge on any atom is -0.504 e. The molecule has 2 saturated heterocycles. The highest BCUT2D eigenvalue weighted by Crippen LogP contribution is 2.51. The van der Waals surface area contributed by atoms with E-state index in [2.05, 4.69) is 0 Å². The van der Waals surface area contributed by atoms with E-state index >= 15 is 0 Å². The molecule has 2 aliphatic heterocycles. The van der Waals surface area contributed by atoms with E-state index in [0.29, 0.717) is 11.3 Å². The molecule has 3 aromatic rings. The number of ether oxygens (including phenoxy) is 5. The third kappa shape index (κ3) is 5.86. The molecule has 0 bridgehead atoms. The zero-order chi connectivity index (χ0) is 32.7. The van der Waals surface area contributed by atoms with Crippen molar-refractivity contribution in [2.75, 3.05) is 20.3 Å². The van der Waals surface area contributed by atoms with Gasteiger partial charge in [-0.25, -0.2) is 0 Å². The quantitative estimate of drug-likeness (QED) is 0.119. The van der Waals surface area contributed by atoms with Gasteiger partial charge in [0.2, 0.25) is 29.8 Å². The van der Waals surface area contributed by atoms with Gasteiger partial charge in [0.25, 0.3) is 0 Å². The fraction of sp³-hybridized carbons (Fsp3) is 0.464. The molecular weight excluding hydrogens is 608 g/mol. The molecule has 45 heavy (non-hydrogen) atoms. The van der Waals surface area contributed by atoms with Crippen LogP contribution in [-0.4, -0.2) is 133 Å². The molecule has 2 aromatic carbocycles. The number of aliphatic hydroxyl groups is 8. The highest BCUT2D eigenvalue weighted by atomic mass is 16.7. The zero-order valence-corrected chi connectivity index (χ0v) is 23.4. The summed E-state index contributed by atoms with van der Waals surface area (Å²) in [5.74, 6) is -3.54. The van der Waals surface area contributed by atoms with Crippen LogP contribution in [0.25, 0.3) is 22.3 Å². The number of aromatic hydroxyl groups is 2. The molecule has 17 nitrogen and oxygen atoms in total. The van der Waals surface area contributed by atoms with Crippen LogP contribution in [0, 0.1) is 0 Å². The Morgan fingerprint density at radius 3 is 1.71 bits per heavy atom. The van der Waals surface area contributed by atoms with Gasteiger partial charge in [-0.2, -0.15) is 0 Å². The third-order valence-electron chi connectivity index (χ3n) is 7.58. The molecule has 0 spiro atoms. The van der Waals surface area contributed by atoms with Crippen molar-refractivity contribution in [2.24, 2.45) is 0 Å². The lowest BCUT2D eigenvalue weighted by Gasteiger charge is -2.40. The lowest BCUT2D eigenvalue weighted by Crippen LogP contribution is -2.60. The first-order valence-corrected chi connectivity index (χ1v) is 13.6. The molecule has 0 aliphatic carbocycles. The van der Waals surface area contributed by atoms with E-state index in [1.54, 1.807) is 12.1 Å². The van der Waals surface area contributed by atoms with Crippen LogP contribution in [0.1, 0.15) is 0 Å². The second-order valence-corrected chi connectivity index (χ2v) is 10.4. The van der Waals surface area contributed by atoms with Gasteiger partial charge in [0, 0.05) is 11.6 Å². The second kappa shape index (κ2) is 12.9. The zero-order valence-electron chi connectivity index (χ0n) is 23.4. The SMILES string of the molecule is COc1ccc(-c2cc(=O)c3c(O)c(OC4O[C@H](CO)[C@@H](O)[C@H](O)[C@H]4O)c(O)c(OC4O[C@H](CO)[C@@H](O)[C@H](O)[C@H]4O)c3o2)cc1. The number of phenolic OH excluding ortho intramolecular Hbond substituents is 2. The number of aliphatic hydroxyl groups excluding tert-OH is 8. The van der Waals surface area contributed by atoms with Crippen molar-refractivity contribution in [3.63, 3.8) is 0 Å². The summed E-state index contributed by atoms with van der Waals surface area (Å²) in [6.45, 7) is -1.65. The number of hydrogen-bond acceptors (Lipinski definition) is 17. The van der Waals surface area contributed by atoms with Crippen molar-refractivity contribution in [2.45, 2.75) is 61.4 Å². The maximum Gasteiger partial charge on any atom is 0.229 e. The average Bonchev–Trinajstić information content (AvgIpc) is 3.04. The van der Waals surface area contributed by atoms with Gasteiger partial charge >= 0.3 is 0 Å². The minimum absolute atomic E-state index is 0.0878. The Kier molecular flexibility index (Phi) is 9.38. The summed E-state index contributed by atoms with van der Waals surface area (Å²) in [6.07, 6.45) is -18.1. The average molecular weight is 641 g/mol. The summed E-state index contributed by atoms with van der Waals surface area (Å²) in [5.41, 5.74) is -1.17. The maximum atomic E-state index is 13.4. The van der Waals surface area contributed by atoms with Crippen LogP contribution in [-0.2, 0) is 9.47 Å². The Morgan fingerprint density at radius 1 is 0.711 bits per heavy atom. The summed E-state index contributed by atoms with van der Waals surface area (Å²) in [5, 5.41) is 103. The van der Waals surface area contributed by atoms with Gasteiger partial charge in [0.05, 0.1) is 20.3 Å². The van der Waals surface area contributed by atoms with E-state index in [1.165, 1.54) is 19.2 Å². The van der Waals surface area contributed by atoms with Gasteiger partial charge < -0.3 is 79.2 Å². The Hall–Kier alpha value is -3.75. The van der Waals surface area contributed by atoms with Crippen molar-refractivity contribution >= 4 is 11.0 Å². The molecule has 2 aliphatic rings. The first-order valence-electron chi connectivity index (χ1n) is 13.6. The van der Waals surface area contributed by atoms with Gasteiger partial charge in [0.15, 0.2) is 16.8 Å². The molecule has 1 aromatic heterocycles. The molecule has 5 rings (SSSR count). The van der Waals surface area contributed by atoms with Crippen LogP contribution in [0.3, 0.4) is 0 Å². The molecule has 17 heteroatoms. The van der Waals surface area contributed by atoms with E-state index in [1.807, 2.05) is 0 Å². The Morgan fingerprint density at radius 2 is 1.22 bits per heavy atom. The fourth-order valence-electron chi connectivity index (χ4n) is 4.99. The molecular formula is C28H32O17. The highest BCUT2D eigenvalue weighted by molar-refractivity contribution is 5.95. The lowest BCUT2D eigenvalue weighted by molar-refractivity contribution is -0.279. The smallest absolute Gasteiger partial charge is 0.229 e. The minimum atomic E-state index is -2.00. The summed E-state index contributed by atoms with van der Waals surface area (Å²) >= 11 is 0. The van der Waals surface area contributed by atoms with Crippen LogP contribution in [0.15, 0.2) is 39.5 Å². The Bertz CT molecular complexity index is 1550. The van der Waals surface area contributed by atoms with Crippen LogP contribution < -0.4 is 19.6 Å². The Labute approximate surface area is 252 Å². The summed E-state index contributed by atoms with van der Waals surface area (Å²) in [7, 11) is 1.45. The van der Waals surface area contributed by atoms with Crippen molar-refractivity contribution in [1.29, 1.82) is 0 Å². The van der Waals surface area contributed by atoms with Crippen LogP contribution in [0.5, 0.6) is 28.7 Å². The number of rotatable bonds is 8. The largest absolute Gasteiger partial charge is 0.504 e. The number of benzene rings is 2. The van der Waals surface area contributed by atoms with Crippen LogP contribution in [0.2, 0.25) is 0 Å². The van der Waals surface area contributed by atoms with Crippen molar-refractivity contribution in [3.8, 4) is 40.1 Å². The van der Waals surface area contributed by atoms with Gasteiger partial charge in [-0.3, -0.25) is 4.79 Å². The van der Waals surface area contributed by atoms with E-state index in [4.69, 9.17) is 28.1 Å². The topological polar surface area (TPSA) is 279 Å². The van der Waals surface area contributed by atoms with E-state index in [-0.39, 0.29) is 5.76 Å². The molecule has 10 atom stereocenters. The molecule has 2 fully saturated rings. The van der Waals surface area contributed by atoms with Crippen molar-refractivity contribution in [1.82, 2.24) is 0 Å². The van der Waals surface area contributed by atoms with Crippen molar-refractivity contribution in [3.05, 3.63) is 40.6 Å². The molecule has 2 unspecified atom stereocenters. The molecule has 0 saturated carbocycles. The number of hydrogen-bond donors (Lipinski definition) is 10. The monoisotopic (exact) mass is 640 g/mol. The van der Waals surface area contributed by atoms with Crippen LogP contribution in [0.4, 0.5) is 0 Å². The standard InChI is InChI=1S/C28H32O17/c1-40-10-4-2-9(3-5-10)12-6-11(31)15-18(34)25(44-27-21(37)19(35)16(32)13(7-29)42-27)23(39)26(24(15)41-12)45-28-22(38)20(36)17(33)14(8-30)43-28/h2-6,13-14,16-17,19-22,27-30,32-39H,7-8H2,1H3/t13-,14-,16-,17-,19+,20+,21-,22-,27?,28?/m1/s1. The van der Waals surface area contributed by atoms with Gasteiger partial charge in [-0.15, -0.1) is 0 Å². The molecule has 0 radical (unpaired) electrons. The third-order valence-corrected chi connectivity index (χ3v) is 7.58. The molecule has 246 valence electrons. The normalized spacial score (nSPS) is 31.9. The van der Waals surface area contributed by atoms with Gasteiger partial charge in [-0.1, -0.05) is 0 Å². The summed E-state index contributed by atoms with van der Waals surface area (Å²) in [4.78, 5) is 13.4. The maximum absolute atomic E-state index is 13.4. The predicted molar refractivity (Wildman–Crippen MR) is 147 cm³/mol. The second-order valence-electron chi connectivity index (χ2n) is 10.4. The fourth-order valence-corrected chi connectivity index (χ4v) is 4.99. The number of phenols is 2. The van der Waals surface area contributed by atoms with Crippen molar-refractivity contribution < 1.29 is 79.2 Å². The van der Waals surface area contributed by atoms with Gasteiger partial charge in [-0.05, 0) is 24.3 Å². The summed E-state index contributed by atoms with van der Waals surface area (Å²) < 4.78 is 32.8. The van der Waals surface area contributed by atoms with E-state index in [9.17, 15) is 55.9 Å². The first kappa shape index (κ1) is 32.6. The van der Waals surface area contributed by atoms with Gasteiger partial charge in [0.1, 0.15) is 65.7 Å². The lowest BCUT2D eigenvalue weighted by atomic mass is 9.99. The highest BCUT2D eigenvalue weighted by Gasteiger charge is 2.47. The number of methoxy groups -OCH3 is 1. The first-order chi connectivity index (χ1) is 21.4. The van der Waals surface area contributed by atoms with E-state index < -0.39 is 114 Å². The molecule has 0 amide bonds. The molecule has 10 N–H and O–H groups in total. The Balaban J connectivity index is 1.66. The predicted octanol–water partition coefficient (Wildman–Crippen LogP) is -2.76. The van der Waals surface area contributed by atoms with Crippen LogP contribution >= 0.6 is 0 Å². The van der Waals surface area contributed by atoms with E-state index in [0.717, 1.165) is 6.07 Å². The number of fused-ring (bicyclic) bond motifs is 1.